The van der Waals surface area contributed by atoms with E-state index < -0.39 is 6.04 Å². The van der Waals surface area contributed by atoms with Crippen LogP contribution >= 0.6 is 23.2 Å². The fourth-order valence-corrected chi connectivity index (χ4v) is 3.18. The Labute approximate surface area is 146 Å². The van der Waals surface area contributed by atoms with Gasteiger partial charge in [0.15, 0.2) is 0 Å². The van der Waals surface area contributed by atoms with Gasteiger partial charge in [0.1, 0.15) is 0 Å². The summed E-state index contributed by atoms with van der Waals surface area (Å²) in [5.74, 6) is -0.163. The number of carbonyl (C=O) groups is 2. The number of hydrogen-bond acceptors (Lipinski definition) is 3. The van der Waals surface area contributed by atoms with E-state index in [1.54, 1.807) is 28.0 Å². The summed E-state index contributed by atoms with van der Waals surface area (Å²) < 4.78 is 0. The molecule has 1 fully saturated rings. The van der Waals surface area contributed by atoms with Crippen LogP contribution in [0.1, 0.15) is 30.1 Å². The van der Waals surface area contributed by atoms with E-state index in [9.17, 15) is 9.59 Å². The van der Waals surface area contributed by atoms with Crippen LogP contribution in [0.4, 0.5) is 0 Å². The van der Waals surface area contributed by atoms with Crippen LogP contribution in [0.5, 0.6) is 0 Å². The smallest absolute Gasteiger partial charge is 0.254 e. The average molecular weight is 358 g/mol. The molecule has 2 amide bonds. The second-order valence-electron chi connectivity index (χ2n) is 5.67. The Hall–Kier alpha value is -1.30. The van der Waals surface area contributed by atoms with Crippen LogP contribution in [-0.4, -0.2) is 53.8 Å². The van der Waals surface area contributed by atoms with Gasteiger partial charge >= 0.3 is 0 Å². The molecule has 2 rings (SSSR count). The summed E-state index contributed by atoms with van der Waals surface area (Å²) >= 11 is 11.9. The van der Waals surface area contributed by atoms with Crippen LogP contribution in [0.3, 0.4) is 0 Å². The van der Waals surface area contributed by atoms with Gasteiger partial charge in [-0.25, -0.2) is 0 Å². The molecule has 2 N–H and O–H groups in total. The molecule has 0 aliphatic carbocycles. The summed E-state index contributed by atoms with van der Waals surface area (Å²) in [5, 5.41) is 0.861. The van der Waals surface area contributed by atoms with E-state index in [0.717, 1.165) is 6.42 Å². The van der Waals surface area contributed by atoms with Crippen LogP contribution in [0.25, 0.3) is 0 Å². The Morgan fingerprint density at radius 2 is 1.61 bits per heavy atom. The zero-order chi connectivity index (χ0) is 17.0. The molecule has 1 unspecified atom stereocenters. The van der Waals surface area contributed by atoms with Crippen molar-refractivity contribution < 1.29 is 9.59 Å². The molecule has 23 heavy (non-hydrogen) atoms. The highest BCUT2D eigenvalue weighted by molar-refractivity contribution is 6.35. The van der Waals surface area contributed by atoms with E-state index in [1.807, 2.05) is 6.92 Å². The lowest BCUT2D eigenvalue weighted by Gasteiger charge is -2.36. The number of nitrogens with zero attached hydrogens (tertiary/aromatic N) is 2. The van der Waals surface area contributed by atoms with Crippen molar-refractivity contribution in [2.75, 3.05) is 26.2 Å². The normalized spacial score (nSPS) is 16.3. The fourth-order valence-electron chi connectivity index (χ4n) is 2.66. The number of carbonyl (C=O) groups excluding carboxylic acids is 2. The number of hydrogen-bond donors (Lipinski definition) is 1. The fraction of sp³-hybridized carbons (Fsp3) is 0.500. The predicted molar refractivity (Wildman–Crippen MR) is 91.8 cm³/mol. The lowest BCUT2D eigenvalue weighted by molar-refractivity contribution is -0.134. The van der Waals surface area contributed by atoms with Gasteiger partial charge in [0.25, 0.3) is 5.91 Å². The van der Waals surface area contributed by atoms with Crippen molar-refractivity contribution >= 4 is 35.0 Å². The van der Waals surface area contributed by atoms with Gasteiger partial charge in [-0.1, -0.05) is 36.5 Å². The largest absolute Gasteiger partial charge is 0.338 e. The Morgan fingerprint density at radius 3 is 2.13 bits per heavy atom. The van der Waals surface area contributed by atoms with Crippen molar-refractivity contribution in [2.24, 2.45) is 5.73 Å². The minimum Gasteiger partial charge on any atom is -0.338 e. The first kappa shape index (κ1) is 18.0. The molecular weight excluding hydrogens is 337 g/mol. The summed E-state index contributed by atoms with van der Waals surface area (Å²) in [7, 11) is 0. The Morgan fingerprint density at radius 1 is 1.09 bits per heavy atom. The van der Waals surface area contributed by atoms with Crippen LogP contribution in [0, 0.1) is 0 Å². The van der Waals surface area contributed by atoms with E-state index in [1.165, 1.54) is 0 Å². The predicted octanol–water partition coefficient (Wildman–Crippen LogP) is 2.41. The van der Waals surface area contributed by atoms with E-state index in [0.29, 0.717) is 48.2 Å². The molecule has 1 aliphatic heterocycles. The van der Waals surface area contributed by atoms with Crippen molar-refractivity contribution in [3.05, 3.63) is 33.8 Å². The number of halogens is 2. The van der Waals surface area contributed by atoms with E-state index >= 15 is 0 Å². The highest BCUT2D eigenvalue weighted by Crippen LogP contribution is 2.20. The molecule has 1 aromatic carbocycles. The average Bonchev–Trinajstić information content (AvgIpc) is 2.53. The number of benzene rings is 1. The van der Waals surface area contributed by atoms with E-state index in [4.69, 9.17) is 28.9 Å². The van der Waals surface area contributed by atoms with Gasteiger partial charge in [0, 0.05) is 41.8 Å². The monoisotopic (exact) mass is 357 g/mol. The van der Waals surface area contributed by atoms with Crippen molar-refractivity contribution in [1.29, 1.82) is 0 Å². The van der Waals surface area contributed by atoms with Gasteiger partial charge in [0.05, 0.1) is 6.04 Å². The molecule has 1 heterocycles. The quantitative estimate of drug-likeness (QED) is 0.899. The minimum atomic E-state index is -0.450. The van der Waals surface area contributed by atoms with Crippen molar-refractivity contribution in [3.8, 4) is 0 Å². The topological polar surface area (TPSA) is 66.6 Å². The number of rotatable bonds is 4. The molecule has 0 bridgehead atoms. The summed E-state index contributed by atoms with van der Waals surface area (Å²) in [4.78, 5) is 28.1. The third kappa shape index (κ3) is 4.59. The standard InChI is InChI=1S/C16H21Cl2N3O2/c1-2-3-14(19)16(23)21-6-4-20(5-7-21)15(22)11-8-12(17)10-13(18)9-11/h8-10,14H,2-7,19H2,1H3. The molecule has 7 heteroatoms. The maximum Gasteiger partial charge on any atom is 0.254 e. The first-order valence-corrected chi connectivity index (χ1v) is 8.47. The second kappa shape index (κ2) is 7.99. The molecule has 0 aromatic heterocycles. The lowest BCUT2D eigenvalue weighted by Crippen LogP contribution is -2.54. The molecule has 1 aliphatic rings. The summed E-state index contributed by atoms with van der Waals surface area (Å²) in [6.07, 6.45) is 1.56. The molecule has 0 radical (unpaired) electrons. The van der Waals surface area contributed by atoms with Crippen LogP contribution in [0.2, 0.25) is 10.0 Å². The Kier molecular flexibility index (Phi) is 6.27. The molecule has 1 aromatic rings. The number of piperazine rings is 1. The Bertz CT molecular complexity index is 566. The summed E-state index contributed by atoms with van der Waals surface area (Å²) in [6.45, 7) is 3.95. The maximum absolute atomic E-state index is 12.5. The second-order valence-corrected chi connectivity index (χ2v) is 6.54. The molecule has 1 saturated heterocycles. The zero-order valence-electron chi connectivity index (χ0n) is 13.1. The van der Waals surface area contributed by atoms with Crippen molar-refractivity contribution in [3.63, 3.8) is 0 Å². The van der Waals surface area contributed by atoms with Crippen LogP contribution in [-0.2, 0) is 4.79 Å². The molecular formula is C16H21Cl2N3O2. The van der Waals surface area contributed by atoms with E-state index in [-0.39, 0.29) is 11.8 Å². The number of nitrogens with two attached hydrogens (primary N) is 1. The highest BCUT2D eigenvalue weighted by atomic mass is 35.5. The number of amides is 2. The molecule has 5 nitrogen and oxygen atoms in total. The van der Waals surface area contributed by atoms with Gasteiger partial charge < -0.3 is 15.5 Å². The van der Waals surface area contributed by atoms with Gasteiger partial charge in [-0.05, 0) is 24.6 Å². The molecule has 0 saturated carbocycles. The van der Waals surface area contributed by atoms with Gasteiger partial charge in [-0.3, -0.25) is 9.59 Å². The van der Waals surface area contributed by atoms with Crippen LogP contribution < -0.4 is 5.73 Å². The first-order chi connectivity index (χ1) is 10.9. The highest BCUT2D eigenvalue weighted by Gasteiger charge is 2.27. The molecule has 126 valence electrons. The third-order valence-corrected chi connectivity index (χ3v) is 4.34. The summed E-state index contributed by atoms with van der Waals surface area (Å²) in [5.41, 5.74) is 6.34. The van der Waals surface area contributed by atoms with Gasteiger partial charge in [-0.2, -0.15) is 0 Å². The first-order valence-electron chi connectivity index (χ1n) is 7.72. The van der Waals surface area contributed by atoms with Gasteiger partial charge in [0.2, 0.25) is 5.91 Å². The summed E-state index contributed by atoms with van der Waals surface area (Å²) in [6, 6.07) is 4.34. The lowest BCUT2D eigenvalue weighted by atomic mass is 10.1. The third-order valence-electron chi connectivity index (χ3n) is 3.90. The molecule has 0 spiro atoms. The zero-order valence-corrected chi connectivity index (χ0v) is 14.6. The van der Waals surface area contributed by atoms with Crippen LogP contribution in [0.15, 0.2) is 18.2 Å². The van der Waals surface area contributed by atoms with E-state index in [2.05, 4.69) is 0 Å². The maximum atomic E-state index is 12.5. The Balaban J connectivity index is 1.96. The van der Waals surface area contributed by atoms with Gasteiger partial charge in [-0.15, -0.1) is 0 Å². The molecule has 1 atom stereocenters. The minimum absolute atomic E-state index is 0.0373. The van der Waals surface area contributed by atoms with Crippen molar-refractivity contribution in [1.82, 2.24) is 9.80 Å². The van der Waals surface area contributed by atoms with Crippen molar-refractivity contribution in [2.45, 2.75) is 25.8 Å². The SMILES string of the molecule is CCCC(N)C(=O)N1CCN(C(=O)c2cc(Cl)cc(Cl)c2)CC1.